The molecule has 1 aromatic heterocycles. The highest BCUT2D eigenvalue weighted by Crippen LogP contribution is 2.39. The number of ether oxygens (including phenoxy) is 1. The summed E-state index contributed by atoms with van der Waals surface area (Å²) in [5.74, 6) is -7.39. The zero-order valence-corrected chi connectivity index (χ0v) is 21.9. The van der Waals surface area contributed by atoms with Gasteiger partial charge in [0, 0.05) is 29.9 Å². The predicted octanol–water partition coefficient (Wildman–Crippen LogP) is 9.01. The van der Waals surface area contributed by atoms with E-state index in [1.165, 1.54) is 18.1 Å². The summed E-state index contributed by atoms with van der Waals surface area (Å²) in [7, 11) is 0. The van der Waals surface area contributed by atoms with Crippen LogP contribution in [0.1, 0.15) is 16.7 Å². The van der Waals surface area contributed by atoms with E-state index in [0.29, 0.717) is 41.6 Å². The molecule has 0 aliphatic carbocycles. The quantitative estimate of drug-likeness (QED) is 0.145. The first-order chi connectivity index (χ1) is 20.6. The molecule has 0 aliphatic heterocycles. The molecule has 4 aromatic carbocycles. The van der Waals surface area contributed by atoms with Crippen molar-refractivity contribution >= 4 is 10.8 Å². The highest BCUT2D eigenvalue weighted by atomic mass is 19.4. The van der Waals surface area contributed by atoms with Crippen molar-refractivity contribution in [3.63, 3.8) is 0 Å². The zero-order chi connectivity index (χ0) is 32.0. The van der Waals surface area contributed by atoms with Crippen molar-refractivity contribution in [2.24, 2.45) is 0 Å². The van der Waals surface area contributed by atoms with Crippen molar-refractivity contribution in [1.82, 2.24) is 9.97 Å². The molecule has 0 spiro atoms. The van der Waals surface area contributed by atoms with Gasteiger partial charge in [0.05, 0.1) is 10.9 Å². The van der Waals surface area contributed by atoms with Gasteiger partial charge >= 0.3 is 12.3 Å². The van der Waals surface area contributed by atoms with E-state index in [2.05, 4.69) is 14.7 Å². The smallest absolute Gasteiger partial charge is 0.429 e. The van der Waals surface area contributed by atoms with Gasteiger partial charge < -0.3 is 4.74 Å². The second-order valence-electron chi connectivity index (χ2n) is 9.39. The molecule has 44 heavy (non-hydrogen) atoms. The summed E-state index contributed by atoms with van der Waals surface area (Å²) in [5.41, 5.74) is -1.67. The molecule has 5 aromatic rings. The fraction of sp³-hybridized carbons (Fsp3) is 0.0968. The van der Waals surface area contributed by atoms with Gasteiger partial charge in [0.2, 0.25) is 0 Å². The molecule has 0 N–H and O–H groups in total. The number of hydrogen-bond donors (Lipinski definition) is 0. The van der Waals surface area contributed by atoms with Gasteiger partial charge in [0.1, 0.15) is 34.6 Å². The molecule has 0 unspecified atom stereocenters. The molecule has 0 amide bonds. The molecule has 3 nitrogen and oxygen atoms in total. The van der Waals surface area contributed by atoms with Gasteiger partial charge in [-0.15, -0.1) is 0 Å². The first-order valence-corrected chi connectivity index (χ1v) is 12.3. The van der Waals surface area contributed by atoms with Crippen molar-refractivity contribution in [2.45, 2.75) is 19.2 Å². The summed E-state index contributed by atoms with van der Waals surface area (Å²) in [6.45, 7) is 1.80. The Labute approximate surface area is 241 Å². The average molecular weight is 620 g/mol. The van der Waals surface area contributed by atoms with Crippen molar-refractivity contribution < 1.29 is 48.6 Å². The number of halogens is 10. The fourth-order valence-corrected chi connectivity index (χ4v) is 4.26. The maximum absolute atomic E-state index is 15.0. The van der Waals surface area contributed by atoms with E-state index in [4.69, 9.17) is 0 Å². The van der Waals surface area contributed by atoms with Gasteiger partial charge in [0.15, 0.2) is 11.6 Å². The van der Waals surface area contributed by atoms with Crippen molar-refractivity contribution in [2.75, 3.05) is 0 Å². The van der Waals surface area contributed by atoms with Crippen molar-refractivity contribution in [3.05, 3.63) is 113 Å². The minimum absolute atomic E-state index is 0.108. The molecule has 1 heterocycles. The van der Waals surface area contributed by atoms with Crippen LogP contribution in [0.25, 0.3) is 33.3 Å². The number of alkyl halides is 5. The molecule has 224 valence electrons. The van der Waals surface area contributed by atoms with Gasteiger partial charge in [0.25, 0.3) is 0 Å². The van der Waals surface area contributed by atoms with E-state index in [9.17, 15) is 35.1 Å². The minimum Gasteiger partial charge on any atom is -0.429 e. The van der Waals surface area contributed by atoms with Gasteiger partial charge in [-0.1, -0.05) is 30.2 Å². The molecular weight excluding hydrogens is 606 g/mol. The molecule has 0 aliphatic rings. The molecule has 0 radical (unpaired) electrons. The predicted molar refractivity (Wildman–Crippen MR) is 139 cm³/mol. The minimum atomic E-state index is -5.11. The van der Waals surface area contributed by atoms with Crippen LogP contribution < -0.4 is 4.74 Å². The SMILES string of the molecule is Cc1cnc(-c2ccc(-c3cc(F)c(C(F)(F)Oc4cc(F)c5c(F)c(C#CC(F)(F)F)c(F)cc5c4)c(F)c3)cc2)nc1. The molecular formula is C31H14F10N2O. The van der Waals surface area contributed by atoms with Crippen LogP contribution in [-0.4, -0.2) is 16.1 Å². The van der Waals surface area contributed by atoms with E-state index in [0.717, 1.165) is 5.56 Å². The van der Waals surface area contributed by atoms with Crippen molar-refractivity contribution in [1.29, 1.82) is 0 Å². The van der Waals surface area contributed by atoms with E-state index in [-0.39, 0.29) is 17.2 Å². The van der Waals surface area contributed by atoms with Crippen LogP contribution in [0, 0.1) is 47.9 Å². The van der Waals surface area contributed by atoms with Gasteiger partial charge in [-0.05, 0) is 53.3 Å². The van der Waals surface area contributed by atoms with E-state index in [1.54, 1.807) is 31.5 Å². The Morgan fingerprint density at radius 3 is 1.86 bits per heavy atom. The summed E-state index contributed by atoms with van der Waals surface area (Å²) in [6, 6.07) is 8.38. The van der Waals surface area contributed by atoms with Crippen LogP contribution in [0.4, 0.5) is 43.9 Å². The standard InChI is InChI=1S/C31H14F10N2O/c1-15-13-42-29(43-14-15)17-4-2-16(3-5-17)18-9-24(34)27(25(35)10-18)31(40,41)44-20-8-19-11-22(32)21(6-7-30(37,38)39)28(36)26(19)23(33)12-20/h2-5,8-14H,1H3. The van der Waals surface area contributed by atoms with Crippen LogP contribution in [0.15, 0.2) is 67.0 Å². The lowest BCUT2D eigenvalue weighted by Gasteiger charge is -2.20. The number of benzene rings is 4. The summed E-state index contributed by atoms with van der Waals surface area (Å²) < 4.78 is 145. The Kier molecular flexibility index (Phi) is 7.71. The lowest BCUT2D eigenvalue weighted by Crippen LogP contribution is -2.25. The largest absolute Gasteiger partial charge is 0.458 e. The maximum Gasteiger partial charge on any atom is 0.458 e. The van der Waals surface area contributed by atoms with Crippen LogP contribution in [-0.2, 0) is 6.11 Å². The van der Waals surface area contributed by atoms with Crippen molar-refractivity contribution in [3.8, 4) is 40.1 Å². The van der Waals surface area contributed by atoms with Crippen LogP contribution in [0.5, 0.6) is 5.75 Å². The first kappa shape index (κ1) is 30.3. The third-order valence-corrected chi connectivity index (χ3v) is 6.22. The summed E-state index contributed by atoms with van der Waals surface area (Å²) in [4.78, 5) is 8.34. The lowest BCUT2D eigenvalue weighted by molar-refractivity contribution is -0.189. The number of hydrogen-bond acceptors (Lipinski definition) is 3. The second kappa shape index (κ2) is 11.2. The number of nitrogens with zero attached hydrogens (tertiary/aromatic N) is 2. The maximum atomic E-state index is 15.0. The first-order valence-electron chi connectivity index (χ1n) is 12.3. The number of aromatic nitrogens is 2. The Balaban J connectivity index is 1.45. The molecule has 0 fully saturated rings. The average Bonchev–Trinajstić information content (AvgIpc) is 2.91. The van der Waals surface area contributed by atoms with Gasteiger partial charge in [-0.25, -0.2) is 31.9 Å². The summed E-state index contributed by atoms with van der Waals surface area (Å²) >= 11 is 0. The van der Waals surface area contributed by atoms with E-state index >= 15 is 8.78 Å². The number of rotatable bonds is 5. The second-order valence-corrected chi connectivity index (χ2v) is 9.39. The van der Waals surface area contributed by atoms with Crippen LogP contribution in [0.3, 0.4) is 0 Å². The lowest BCUT2D eigenvalue weighted by atomic mass is 10.0. The Bertz CT molecular complexity index is 1940. The summed E-state index contributed by atoms with van der Waals surface area (Å²) in [6.07, 6.45) is -6.67. The summed E-state index contributed by atoms with van der Waals surface area (Å²) in [5, 5.41) is -1.81. The Morgan fingerprint density at radius 1 is 0.682 bits per heavy atom. The van der Waals surface area contributed by atoms with Gasteiger partial charge in [-0.2, -0.15) is 22.0 Å². The zero-order valence-electron chi connectivity index (χ0n) is 21.9. The normalized spacial score (nSPS) is 11.8. The topological polar surface area (TPSA) is 35.0 Å². The highest BCUT2D eigenvalue weighted by Gasteiger charge is 2.41. The molecule has 5 rings (SSSR count). The Morgan fingerprint density at radius 2 is 1.27 bits per heavy atom. The van der Waals surface area contributed by atoms with E-state index in [1.807, 2.05) is 0 Å². The van der Waals surface area contributed by atoms with Gasteiger partial charge in [-0.3, -0.25) is 0 Å². The third-order valence-electron chi connectivity index (χ3n) is 6.22. The van der Waals surface area contributed by atoms with Crippen LogP contribution >= 0.6 is 0 Å². The third kappa shape index (κ3) is 6.15. The molecule has 0 atom stereocenters. The molecule has 13 heteroatoms. The highest BCUT2D eigenvalue weighted by molar-refractivity contribution is 5.87. The molecule has 0 saturated heterocycles. The van der Waals surface area contributed by atoms with E-state index < -0.39 is 69.0 Å². The number of fused-ring (bicyclic) bond motifs is 1. The molecule has 0 bridgehead atoms. The van der Waals surface area contributed by atoms with Crippen LogP contribution in [0.2, 0.25) is 0 Å². The fourth-order valence-electron chi connectivity index (χ4n) is 4.26. The monoisotopic (exact) mass is 620 g/mol. The Hall–Kier alpha value is -5.12. The number of aryl methyl sites for hydroxylation is 1. The molecule has 0 saturated carbocycles.